The highest BCUT2D eigenvalue weighted by Crippen LogP contribution is 2.19. The number of nitrogens with zero attached hydrogens (tertiary/aromatic N) is 1. The molecule has 1 aromatic carbocycles. The number of carbonyl (C=O) groups excluding carboxylic acids is 1. The van der Waals surface area contributed by atoms with Gasteiger partial charge in [0.1, 0.15) is 11.9 Å². The summed E-state index contributed by atoms with van der Waals surface area (Å²) < 4.78 is 28.8. The maximum absolute atomic E-state index is 12.2. The lowest BCUT2D eigenvalue weighted by Crippen LogP contribution is -2.49. The van der Waals surface area contributed by atoms with E-state index in [-0.39, 0.29) is 29.7 Å². The molecule has 1 unspecified atom stereocenters. The van der Waals surface area contributed by atoms with Gasteiger partial charge in [0.25, 0.3) is 0 Å². The lowest BCUT2D eigenvalue weighted by Gasteiger charge is -2.32. The van der Waals surface area contributed by atoms with Crippen molar-refractivity contribution in [1.82, 2.24) is 10.2 Å². The van der Waals surface area contributed by atoms with Gasteiger partial charge in [-0.15, -0.1) is 0 Å². The van der Waals surface area contributed by atoms with Crippen molar-refractivity contribution in [3.8, 4) is 5.75 Å². The average Bonchev–Trinajstić information content (AvgIpc) is 2.88. The zero-order valence-electron chi connectivity index (χ0n) is 13.0. The summed E-state index contributed by atoms with van der Waals surface area (Å²) in [4.78, 5) is 14.0. The minimum atomic E-state index is -2.97. The quantitative estimate of drug-likeness (QED) is 0.904. The molecule has 0 saturated carbocycles. The molecule has 0 aromatic heterocycles. The first-order valence-corrected chi connectivity index (χ1v) is 9.81. The number of nitrogens with one attached hydrogen (secondary N) is 1. The second kappa shape index (κ2) is 6.78. The standard InChI is InChI=1S/C16H22N2O4S/c19-16(17-13-8-11-23(20,21)12-13)18-9-6-15(7-10-18)22-14-4-2-1-3-5-14/h1-5,13,15H,6-12H2,(H,17,19). The Morgan fingerprint density at radius 3 is 2.43 bits per heavy atom. The van der Waals surface area contributed by atoms with Gasteiger partial charge in [-0.2, -0.15) is 0 Å². The molecule has 7 heteroatoms. The van der Waals surface area contributed by atoms with Crippen LogP contribution in [0.25, 0.3) is 0 Å². The summed E-state index contributed by atoms with van der Waals surface area (Å²) in [5, 5.41) is 2.84. The number of benzene rings is 1. The van der Waals surface area contributed by atoms with Crippen LogP contribution in [0.4, 0.5) is 4.79 Å². The maximum atomic E-state index is 12.2. The zero-order chi connectivity index (χ0) is 16.3. The highest BCUT2D eigenvalue weighted by atomic mass is 32.2. The van der Waals surface area contributed by atoms with E-state index in [4.69, 9.17) is 4.74 Å². The number of rotatable bonds is 3. The Morgan fingerprint density at radius 1 is 1.13 bits per heavy atom. The van der Waals surface area contributed by atoms with Crippen molar-refractivity contribution in [3.05, 3.63) is 30.3 Å². The smallest absolute Gasteiger partial charge is 0.317 e. The van der Waals surface area contributed by atoms with Gasteiger partial charge < -0.3 is 15.0 Å². The number of piperidine rings is 1. The van der Waals surface area contributed by atoms with Crippen LogP contribution in [-0.2, 0) is 9.84 Å². The molecule has 0 aliphatic carbocycles. The Balaban J connectivity index is 1.44. The van der Waals surface area contributed by atoms with Crippen LogP contribution < -0.4 is 10.1 Å². The third-order valence-electron chi connectivity index (χ3n) is 4.34. The summed E-state index contributed by atoms with van der Waals surface area (Å²) >= 11 is 0. The van der Waals surface area contributed by atoms with E-state index in [9.17, 15) is 13.2 Å². The van der Waals surface area contributed by atoms with Crippen LogP contribution in [0.15, 0.2) is 30.3 Å². The summed E-state index contributed by atoms with van der Waals surface area (Å²) in [7, 11) is -2.97. The summed E-state index contributed by atoms with van der Waals surface area (Å²) in [6, 6.07) is 9.28. The summed E-state index contributed by atoms with van der Waals surface area (Å²) in [6.07, 6.45) is 2.20. The summed E-state index contributed by atoms with van der Waals surface area (Å²) in [6.45, 7) is 1.26. The molecule has 2 saturated heterocycles. The number of hydrogen-bond acceptors (Lipinski definition) is 4. The van der Waals surface area contributed by atoms with Gasteiger partial charge in [-0.25, -0.2) is 13.2 Å². The number of para-hydroxylation sites is 1. The van der Waals surface area contributed by atoms with Crippen LogP contribution in [0, 0.1) is 0 Å². The highest BCUT2D eigenvalue weighted by Gasteiger charge is 2.31. The van der Waals surface area contributed by atoms with Crippen molar-refractivity contribution in [3.63, 3.8) is 0 Å². The molecule has 126 valence electrons. The van der Waals surface area contributed by atoms with Gasteiger partial charge in [-0.1, -0.05) is 18.2 Å². The number of hydrogen-bond donors (Lipinski definition) is 1. The van der Waals surface area contributed by atoms with Crippen molar-refractivity contribution in [2.24, 2.45) is 0 Å². The first-order chi connectivity index (χ1) is 11.0. The van der Waals surface area contributed by atoms with Crippen molar-refractivity contribution in [2.45, 2.75) is 31.4 Å². The molecule has 1 aromatic rings. The maximum Gasteiger partial charge on any atom is 0.317 e. The molecule has 2 aliphatic rings. The van der Waals surface area contributed by atoms with E-state index in [0.717, 1.165) is 18.6 Å². The monoisotopic (exact) mass is 338 g/mol. The Bertz CT molecular complexity index is 639. The van der Waals surface area contributed by atoms with E-state index in [1.807, 2.05) is 30.3 Å². The second-order valence-corrected chi connectivity index (χ2v) is 8.40. The molecule has 0 spiro atoms. The molecular weight excluding hydrogens is 316 g/mol. The molecule has 2 heterocycles. The Kier molecular flexibility index (Phi) is 4.75. The van der Waals surface area contributed by atoms with E-state index in [2.05, 4.69) is 5.32 Å². The van der Waals surface area contributed by atoms with Gasteiger partial charge in [0.05, 0.1) is 11.5 Å². The second-order valence-electron chi connectivity index (χ2n) is 6.17. The fraction of sp³-hybridized carbons (Fsp3) is 0.562. The van der Waals surface area contributed by atoms with E-state index in [1.165, 1.54) is 0 Å². The van der Waals surface area contributed by atoms with Crippen LogP contribution in [0.2, 0.25) is 0 Å². The Labute approximate surface area is 136 Å². The third kappa shape index (κ3) is 4.37. The molecule has 23 heavy (non-hydrogen) atoms. The van der Waals surface area contributed by atoms with Crippen LogP contribution >= 0.6 is 0 Å². The molecule has 0 radical (unpaired) electrons. The minimum absolute atomic E-state index is 0.0618. The molecule has 1 atom stereocenters. The van der Waals surface area contributed by atoms with Crippen LogP contribution in [0.3, 0.4) is 0 Å². The average molecular weight is 338 g/mol. The third-order valence-corrected chi connectivity index (χ3v) is 6.10. The molecule has 2 aliphatic heterocycles. The molecule has 2 fully saturated rings. The number of urea groups is 1. The lowest BCUT2D eigenvalue weighted by atomic mass is 10.1. The normalized spacial score (nSPS) is 24.3. The fourth-order valence-corrected chi connectivity index (χ4v) is 4.72. The number of amides is 2. The predicted octanol–water partition coefficient (Wildman–Crippen LogP) is 1.43. The highest BCUT2D eigenvalue weighted by molar-refractivity contribution is 7.91. The molecule has 0 bridgehead atoms. The summed E-state index contributed by atoms with van der Waals surface area (Å²) in [5.74, 6) is 1.09. The number of sulfone groups is 1. The van der Waals surface area contributed by atoms with Crippen molar-refractivity contribution >= 4 is 15.9 Å². The molecule has 3 rings (SSSR count). The van der Waals surface area contributed by atoms with Gasteiger partial charge in [0.2, 0.25) is 0 Å². The van der Waals surface area contributed by atoms with Gasteiger partial charge in [-0.05, 0) is 18.6 Å². The molecule has 2 amide bonds. The SMILES string of the molecule is O=C(NC1CCS(=O)(=O)C1)N1CCC(Oc2ccccc2)CC1. The van der Waals surface area contributed by atoms with Crippen molar-refractivity contribution in [2.75, 3.05) is 24.6 Å². The van der Waals surface area contributed by atoms with E-state index in [0.29, 0.717) is 19.5 Å². The van der Waals surface area contributed by atoms with Crippen molar-refractivity contribution in [1.29, 1.82) is 0 Å². The van der Waals surface area contributed by atoms with Gasteiger partial charge >= 0.3 is 6.03 Å². The van der Waals surface area contributed by atoms with Crippen LogP contribution in [0.1, 0.15) is 19.3 Å². The van der Waals surface area contributed by atoms with Gasteiger partial charge in [0.15, 0.2) is 9.84 Å². The Morgan fingerprint density at radius 2 is 1.83 bits per heavy atom. The topological polar surface area (TPSA) is 75.7 Å². The largest absolute Gasteiger partial charge is 0.490 e. The van der Waals surface area contributed by atoms with Gasteiger partial charge in [0, 0.05) is 32.0 Å². The van der Waals surface area contributed by atoms with E-state index < -0.39 is 9.84 Å². The van der Waals surface area contributed by atoms with Crippen LogP contribution in [-0.4, -0.2) is 56.1 Å². The van der Waals surface area contributed by atoms with Gasteiger partial charge in [-0.3, -0.25) is 0 Å². The van der Waals surface area contributed by atoms with Crippen LogP contribution in [0.5, 0.6) is 5.75 Å². The lowest BCUT2D eigenvalue weighted by molar-refractivity contribution is 0.110. The van der Waals surface area contributed by atoms with Crippen molar-refractivity contribution < 1.29 is 17.9 Å². The number of ether oxygens (including phenoxy) is 1. The Hall–Kier alpha value is -1.76. The first kappa shape index (κ1) is 16.1. The summed E-state index contributed by atoms with van der Waals surface area (Å²) in [5.41, 5.74) is 0. The predicted molar refractivity (Wildman–Crippen MR) is 87.3 cm³/mol. The molecule has 1 N–H and O–H groups in total. The molecule has 6 nitrogen and oxygen atoms in total. The number of likely N-dealkylation sites (tertiary alicyclic amines) is 1. The minimum Gasteiger partial charge on any atom is -0.490 e. The van der Waals surface area contributed by atoms with E-state index in [1.54, 1.807) is 4.90 Å². The van der Waals surface area contributed by atoms with E-state index >= 15 is 0 Å². The first-order valence-electron chi connectivity index (χ1n) is 7.99. The number of carbonyl (C=O) groups is 1. The molecular formula is C16H22N2O4S. The fourth-order valence-electron chi connectivity index (χ4n) is 3.04. The zero-order valence-corrected chi connectivity index (χ0v) is 13.8.